The summed E-state index contributed by atoms with van der Waals surface area (Å²) in [6, 6.07) is 14.9. The minimum absolute atomic E-state index is 0.0456. The van der Waals surface area contributed by atoms with E-state index in [4.69, 9.17) is 24.1 Å². The minimum Gasteiger partial charge on any atom is -0.461 e. The lowest BCUT2D eigenvalue weighted by atomic mass is 10.1. The summed E-state index contributed by atoms with van der Waals surface area (Å²) < 4.78 is 21.0. The summed E-state index contributed by atoms with van der Waals surface area (Å²) in [5.41, 5.74) is 3.07. The summed E-state index contributed by atoms with van der Waals surface area (Å²) in [6.45, 7) is 2.56. The number of nitrogens with zero attached hydrogens (tertiary/aromatic N) is 3. The van der Waals surface area contributed by atoms with Gasteiger partial charge in [0.15, 0.2) is 6.10 Å². The second kappa shape index (κ2) is 14.4. The van der Waals surface area contributed by atoms with Crippen molar-refractivity contribution in [3.63, 3.8) is 0 Å². The molecule has 2 N–H and O–H groups in total. The normalized spacial score (nSPS) is 12.2. The first-order valence-corrected chi connectivity index (χ1v) is 11.3. The number of hydrogen-bond acceptors (Lipinski definition) is 9. The van der Waals surface area contributed by atoms with Crippen molar-refractivity contribution in [2.75, 3.05) is 52.9 Å². The molecule has 0 aliphatic carbocycles. The topological polar surface area (TPSA) is 125 Å². The van der Waals surface area contributed by atoms with Crippen molar-refractivity contribution in [3.05, 3.63) is 54.1 Å². The fourth-order valence-electron chi connectivity index (χ4n) is 3.10. The van der Waals surface area contributed by atoms with Crippen LogP contribution in [0.25, 0.3) is 16.7 Å². The Morgan fingerprint density at radius 3 is 2.12 bits per heavy atom. The molecule has 1 atom stereocenters. The maximum Gasteiger partial charge on any atom is 0.335 e. The van der Waals surface area contributed by atoms with E-state index in [9.17, 15) is 9.90 Å². The molecule has 3 aromatic rings. The Bertz CT molecular complexity index is 978. The largest absolute Gasteiger partial charge is 0.461 e. The molecule has 1 heterocycles. The van der Waals surface area contributed by atoms with Crippen LogP contribution in [-0.2, 0) is 30.2 Å². The summed E-state index contributed by atoms with van der Waals surface area (Å²) in [5, 5.41) is 27.8. The summed E-state index contributed by atoms with van der Waals surface area (Å²) >= 11 is 0. The summed E-state index contributed by atoms with van der Waals surface area (Å²) in [4.78, 5) is 13.6. The Hall–Kier alpha value is -2.89. The highest BCUT2D eigenvalue weighted by molar-refractivity contribution is 5.75. The fraction of sp³-hybridized carbons (Fsp3) is 0.458. The Kier molecular flexibility index (Phi) is 10.9. The predicted octanol–water partition coefficient (Wildman–Crippen LogP) is 1.30. The number of hydrogen-bond donors (Lipinski definition) is 2. The van der Waals surface area contributed by atoms with E-state index in [0.717, 1.165) is 22.3 Å². The van der Waals surface area contributed by atoms with Crippen LogP contribution in [0.4, 0.5) is 0 Å². The van der Waals surface area contributed by atoms with Gasteiger partial charge in [-0.1, -0.05) is 24.3 Å². The Balaban J connectivity index is 1.31. The van der Waals surface area contributed by atoms with Gasteiger partial charge in [0.2, 0.25) is 0 Å². The summed E-state index contributed by atoms with van der Waals surface area (Å²) in [7, 11) is 0. The monoisotopic (exact) mass is 473 g/mol. The van der Waals surface area contributed by atoms with Crippen LogP contribution in [0.2, 0.25) is 0 Å². The standard InChI is InChI=1S/C24H31N3O7/c28-9-4-10-31-11-12-32-13-14-33-15-16-34-24(30)23(29)18-19-5-3-6-20(17-19)27-25-21-7-1-2-8-22(21)26-27/h1-3,5-8,17,23,28-29H,4,9-16,18H2. The van der Waals surface area contributed by atoms with Crippen LogP contribution in [0.3, 0.4) is 0 Å². The lowest BCUT2D eigenvalue weighted by Gasteiger charge is -2.12. The molecule has 0 radical (unpaired) electrons. The number of rotatable bonds is 16. The number of aliphatic hydroxyl groups is 2. The van der Waals surface area contributed by atoms with Crippen LogP contribution in [-0.4, -0.2) is 90.1 Å². The highest BCUT2D eigenvalue weighted by Gasteiger charge is 2.17. The van der Waals surface area contributed by atoms with Gasteiger partial charge >= 0.3 is 5.97 Å². The molecule has 0 aliphatic heterocycles. The molecule has 1 unspecified atom stereocenters. The number of ether oxygens (including phenoxy) is 4. The van der Waals surface area contributed by atoms with E-state index in [-0.39, 0.29) is 26.2 Å². The zero-order chi connectivity index (χ0) is 24.0. The van der Waals surface area contributed by atoms with E-state index in [1.165, 1.54) is 4.80 Å². The van der Waals surface area contributed by atoms with Crippen LogP contribution in [0.15, 0.2) is 48.5 Å². The van der Waals surface area contributed by atoms with E-state index < -0.39 is 12.1 Å². The van der Waals surface area contributed by atoms with Crippen LogP contribution in [0.5, 0.6) is 0 Å². The van der Waals surface area contributed by atoms with Gasteiger partial charge in [0, 0.05) is 19.6 Å². The van der Waals surface area contributed by atoms with Crippen molar-refractivity contribution in [2.45, 2.75) is 18.9 Å². The predicted molar refractivity (Wildman–Crippen MR) is 124 cm³/mol. The van der Waals surface area contributed by atoms with Crippen molar-refractivity contribution in [1.82, 2.24) is 15.0 Å². The molecule has 0 saturated carbocycles. The molecule has 34 heavy (non-hydrogen) atoms. The lowest BCUT2D eigenvalue weighted by molar-refractivity contribution is -0.155. The maximum atomic E-state index is 12.1. The van der Waals surface area contributed by atoms with Crippen molar-refractivity contribution >= 4 is 17.0 Å². The van der Waals surface area contributed by atoms with E-state index in [1.54, 1.807) is 0 Å². The number of carbonyl (C=O) groups is 1. The number of aliphatic hydroxyl groups excluding tert-OH is 2. The van der Waals surface area contributed by atoms with Crippen LogP contribution >= 0.6 is 0 Å². The van der Waals surface area contributed by atoms with Crippen molar-refractivity contribution in [3.8, 4) is 5.69 Å². The summed E-state index contributed by atoms with van der Waals surface area (Å²) in [6.07, 6.45) is -0.555. The molecule has 10 nitrogen and oxygen atoms in total. The third-order valence-corrected chi connectivity index (χ3v) is 4.79. The molecule has 0 fully saturated rings. The third kappa shape index (κ3) is 8.47. The van der Waals surface area contributed by atoms with E-state index >= 15 is 0 Å². The molecule has 0 amide bonds. The first kappa shape index (κ1) is 25.7. The quantitative estimate of drug-likeness (QED) is 0.234. The number of aromatic nitrogens is 3. The SMILES string of the molecule is O=C(OCCOCCOCCOCCCO)C(O)Cc1cccc(-n2nc3ccccc3n2)c1. The Labute approximate surface area is 198 Å². The van der Waals surface area contributed by atoms with Gasteiger partial charge in [0.1, 0.15) is 17.6 Å². The Morgan fingerprint density at radius 1 is 0.853 bits per heavy atom. The van der Waals surface area contributed by atoms with Gasteiger partial charge in [-0.25, -0.2) is 4.79 Å². The number of benzene rings is 2. The van der Waals surface area contributed by atoms with Crippen molar-refractivity contribution < 1.29 is 34.0 Å². The van der Waals surface area contributed by atoms with Gasteiger partial charge in [-0.3, -0.25) is 0 Å². The van der Waals surface area contributed by atoms with E-state index in [0.29, 0.717) is 39.5 Å². The molecule has 0 saturated heterocycles. The first-order chi connectivity index (χ1) is 16.7. The summed E-state index contributed by atoms with van der Waals surface area (Å²) in [5.74, 6) is -0.701. The molecule has 1 aromatic heterocycles. The van der Waals surface area contributed by atoms with E-state index in [1.807, 2.05) is 48.5 Å². The van der Waals surface area contributed by atoms with Gasteiger partial charge in [-0.05, 0) is 36.2 Å². The van der Waals surface area contributed by atoms with Gasteiger partial charge in [-0.2, -0.15) is 4.80 Å². The molecular formula is C24H31N3O7. The Morgan fingerprint density at radius 2 is 1.47 bits per heavy atom. The lowest BCUT2D eigenvalue weighted by Crippen LogP contribution is -2.26. The highest BCUT2D eigenvalue weighted by atomic mass is 16.6. The fourth-order valence-corrected chi connectivity index (χ4v) is 3.10. The molecule has 0 bridgehead atoms. The zero-order valence-electron chi connectivity index (χ0n) is 19.0. The smallest absolute Gasteiger partial charge is 0.335 e. The third-order valence-electron chi connectivity index (χ3n) is 4.79. The highest BCUT2D eigenvalue weighted by Crippen LogP contribution is 2.14. The average Bonchev–Trinajstić information content (AvgIpc) is 3.29. The molecular weight excluding hydrogens is 442 g/mol. The zero-order valence-corrected chi connectivity index (χ0v) is 19.0. The first-order valence-electron chi connectivity index (χ1n) is 11.3. The molecule has 184 valence electrons. The van der Waals surface area contributed by atoms with Gasteiger partial charge < -0.3 is 29.2 Å². The average molecular weight is 474 g/mol. The second-order valence-corrected chi connectivity index (χ2v) is 7.45. The van der Waals surface area contributed by atoms with Crippen molar-refractivity contribution in [2.24, 2.45) is 0 Å². The molecule has 3 rings (SSSR count). The number of fused-ring (bicyclic) bond motifs is 1. The van der Waals surface area contributed by atoms with Gasteiger partial charge in [0.25, 0.3) is 0 Å². The maximum absolute atomic E-state index is 12.1. The number of carbonyl (C=O) groups excluding carboxylic acids is 1. The molecule has 2 aromatic carbocycles. The molecule has 0 aliphatic rings. The second-order valence-electron chi connectivity index (χ2n) is 7.45. The minimum atomic E-state index is -1.28. The van der Waals surface area contributed by atoms with Gasteiger partial charge in [0.05, 0.1) is 38.7 Å². The van der Waals surface area contributed by atoms with Crippen molar-refractivity contribution in [1.29, 1.82) is 0 Å². The molecule has 0 spiro atoms. The van der Waals surface area contributed by atoms with Crippen LogP contribution in [0.1, 0.15) is 12.0 Å². The van der Waals surface area contributed by atoms with Gasteiger partial charge in [-0.15, -0.1) is 10.2 Å². The molecule has 10 heteroatoms. The van der Waals surface area contributed by atoms with E-state index in [2.05, 4.69) is 10.2 Å². The van der Waals surface area contributed by atoms with Crippen LogP contribution in [0, 0.1) is 0 Å². The van der Waals surface area contributed by atoms with Crippen LogP contribution < -0.4 is 0 Å². The number of esters is 1.